The number of methoxy groups -OCH3 is 2. The Morgan fingerprint density at radius 2 is 1.71 bits per heavy atom. The van der Waals surface area contributed by atoms with Gasteiger partial charge in [-0.2, -0.15) is 11.3 Å². The Hall–Kier alpha value is -3.32. The van der Waals surface area contributed by atoms with Crippen LogP contribution in [-0.2, 0) is 9.47 Å². The quantitative estimate of drug-likeness (QED) is 0.483. The van der Waals surface area contributed by atoms with Gasteiger partial charge in [0.2, 0.25) is 0 Å². The average molecular weight is 394 g/mol. The van der Waals surface area contributed by atoms with Crippen LogP contribution in [0.25, 0.3) is 22.2 Å². The van der Waals surface area contributed by atoms with Crippen molar-refractivity contribution in [3.63, 3.8) is 0 Å². The van der Waals surface area contributed by atoms with Gasteiger partial charge >= 0.3 is 11.9 Å². The summed E-state index contributed by atoms with van der Waals surface area (Å²) < 4.78 is 13.6. The molecule has 0 fully saturated rings. The van der Waals surface area contributed by atoms with Crippen LogP contribution in [0.1, 0.15) is 26.5 Å². The maximum atomic E-state index is 12.5. The van der Waals surface area contributed by atoms with Crippen LogP contribution in [0.3, 0.4) is 0 Å². The molecule has 28 heavy (non-hydrogen) atoms. The Morgan fingerprint density at radius 3 is 2.39 bits per heavy atom. The van der Waals surface area contributed by atoms with Crippen molar-refractivity contribution in [2.24, 2.45) is 0 Å². The molecule has 0 atom stereocenters. The van der Waals surface area contributed by atoms with E-state index in [-0.39, 0.29) is 0 Å². The molecular weight excluding hydrogens is 376 g/mol. The number of ether oxygens (including phenoxy) is 2. The number of carbonyl (C=O) groups excluding carboxylic acids is 2. The van der Waals surface area contributed by atoms with Crippen molar-refractivity contribution in [1.29, 1.82) is 0 Å². The number of fused-ring (bicyclic) bond motifs is 1. The maximum Gasteiger partial charge on any atom is 0.356 e. The molecule has 142 valence electrons. The fraction of sp³-hybridized carbons (Fsp3) is 0.143. The first-order valence-corrected chi connectivity index (χ1v) is 9.53. The Morgan fingerprint density at radius 1 is 0.964 bits per heavy atom. The van der Waals surface area contributed by atoms with Crippen molar-refractivity contribution >= 4 is 34.2 Å². The van der Waals surface area contributed by atoms with E-state index >= 15 is 0 Å². The number of aromatic nitrogens is 2. The van der Waals surface area contributed by atoms with E-state index < -0.39 is 11.9 Å². The summed E-state index contributed by atoms with van der Waals surface area (Å²) in [6, 6.07) is 13.2. The van der Waals surface area contributed by atoms with Crippen molar-refractivity contribution < 1.29 is 19.1 Å². The Labute approximate surface area is 165 Å². The lowest BCUT2D eigenvalue weighted by atomic mass is 10.2. The molecule has 0 aliphatic heterocycles. The Bertz CT molecular complexity index is 1180. The third kappa shape index (κ3) is 2.71. The highest BCUT2D eigenvalue weighted by atomic mass is 32.1. The highest BCUT2D eigenvalue weighted by molar-refractivity contribution is 7.08. The van der Waals surface area contributed by atoms with Gasteiger partial charge in [-0.15, -0.1) is 0 Å². The smallest absolute Gasteiger partial charge is 0.356 e. The predicted molar refractivity (Wildman–Crippen MR) is 108 cm³/mol. The maximum absolute atomic E-state index is 12.5. The monoisotopic (exact) mass is 394 g/mol. The molecule has 0 N–H and O–H groups in total. The molecule has 0 saturated heterocycles. The summed E-state index contributed by atoms with van der Waals surface area (Å²) in [5.74, 6) is -0.885. The molecule has 3 aromatic heterocycles. The molecular formula is C21H18N2O4S. The van der Waals surface area contributed by atoms with Crippen molar-refractivity contribution in [2.45, 2.75) is 6.92 Å². The highest BCUT2D eigenvalue weighted by Gasteiger charge is 2.25. The van der Waals surface area contributed by atoms with Crippen LogP contribution in [-0.4, -0.2) is 35.5 Å². The van der Waals surface area contributed by atoms with Crippen molar-refractivity contribution in [3.05, 3.63) is 70.2 Å². The van der Waals surface area contributed by atoms with E-state index in [2.05, 4.69) is 0 Å². The minimum absolute atomic E-state index is 0.371. The third-order valence-corrected chi connectivity index (χ3v) is 5.40. The van der Waals surface area contributed by atoms with Crippen LogP contribution in [0.4, 0.5) is 0 Å². The zero-order valence-corrected chi connectivity index (χ0v) is 16.4. The molecule has 0 amide bonds. The molecule has 4 rings (SSSR count). The van der Waals surface area contributed by atoms with Crippen LogP contribution in [0.15, 0.2) is 53.2 Å². The van der Waals surface area contributed by atoms with Gasteiger partial charge in [-0.25, -0.2) is 14.3 Å². The first-order valence-electron chi connectivity index (χ1n) is 8.59. The highest BCUT2D eigenvalue weighted by Crippen LogP contribution is 2.31. The second kappa shape index (κ2) is 7.01. The first-order chi connectivity index (χ1) is 13.6. The number of hydrogen-bond acceptors (Lipinski definition) is 5. The summed E-state index contributed by atoms with van der Waals surface area (Å²) in [4.78, 5) is 24.9. The summed E-state index contributed by atoms with van der Waals surface area (Å²) >= 11 is 1.56. The third-order valence-electron chi connectivity index (χ3n) is 4.72. The normalized spacial score (nSPS) is 11.0. The molecule has 0 bridgehead atoms. The number of esters is 2. The van der Waals surface area contributed by atoms with Gasteiger partial charge in [0.25, 0.3) is 0 Å². The van der Waals surface area contributed by atoms with Gasteiger partial charge < -0.3 is 9.47 Å². The molecule has 1 aromatic carbocycles. The van der Waals surface area contributed by atoms with E-state index in [1.165, 1.54) is 14.2 Å². The lowest BCUT2D eigenvalue weighted by Gasteiger charge is -2.17. The molecule has 6 nitrogen and oxygen atoms in total. The second-order valence-electron chi connectivity index (χ2n) is 6.24. The number of thiophene rings is 1. The van der Waals surface area contributed by atoms with Gasteiger partial charge in [0.1, 0.15) is 5.69 Å². The predicted octanol–water partition coefficient (Wildman–Crippen LogP) is 4.36. The van der Waals surface area contributed by atoms with Crippen LogP contribution in [0, 0.1) is 6.92 Å². The number of benzene rings is 1. The summed E-state index contributed by atoms with van der Waals surface area (Å²) in [7, 11) is 2.71. The summed E-state index contributed by atoms with van der Waals surface area (Å²) in [6.45, 7) is 1.83. The van der Waals surface area contributed by atoms with E-state index in [4.69, 9.17) is 9.47 Å². The van der Waals surface area contributed by atoms with Gasteiger partial charge in [0.05, 0.1) is 36.7 Å². The van der Waals surface area contributed by atoms with Crippen molar-refractivity contribution in [3.8, 4) is 11.3 Å². The summed E-state index contributed by atoms with van der Waals surface area (Å²) in [6.07, 6.45) is 0. The number of nitrogens with zero attached hydrogens (tertiary/aromatic N) is 2. The minimum atomic E-state index is -0.458. The van der Waals surface area contributed by atoms with Crippen molar-refractivity contribution in [1.82, 2.24) is 9.35 Å². The standard InChI is InChI=1S/C21H18N2O4S/c1-13-16(20(24)26-2)11-18(15-8-9-28-12-15)22(13)23-17-7-5-4-6-14(17)10-19(23)21(25)27-3/h4-12H,1-3H3. The number of hydrogen-bond donors (Lipinski definition) is 0. The zero-order chi connectivity index (χ0) is 19.8. The molecule has 0 radical (unpaired) electrons. The lowest BCUT2D eigenvalue weighted by Crippen LogP contribution is -2.19. The van der Waals surface area contributed by atoms with Gasteiger partial charge in [-0.05, 0) is 36.6 Å². The van der Waals surface area contributed by atoms with Crippen LogP contribution in [0.5, 0.6) is 0 Å². The van der Waals surface area contributed by atoms with E-state index in [1.807, 2.05) is 52.7 Å². The second-order valence-corrected chi connectivity index (χ2v) is 7.02. The van der Waals surface area contributed by atoms with E-state index in [0.717, 1.165) is 22.2 Å². The SMILES string of the molecule is COC(=O)c1cc(-c2ccsc2)n(-n2c(C(=O)OC)cc3ccccc32)c1C. The molecule has 7 heteroatoms. The van der Waals surface area contributed by atoms with Crippen LogP contribution in [0.2, 0.25) is 0 Å². The fourth-order valence-corrected chi connectivity index (χ4v) is 4.04. The average Bonchev–Trinajstić information content (AvgIpc) is 3.43. The molecule has 0 aliphatic carbocycles. The summed E-state index contributed by atoms with van der Waals surface area (Å²) in [5, 5.41) is 4.86. The van der Waals surface area contributed by atoms with Gasteiger partial charge in [0, 0.05) is 16.3 Å². The van der Waals surface area contributed by atoms with E-state index in [1.54, 1.807) is 28.1 Å². The molecule has 0 saturated carbocycles. The molecule has 0 aliphatic rings. The fourth-order valence-electron chi connectivity index (χ4n) is 3.39. The topological polar surface area (TPSA) is 62.5 Å². The van der Waals surface area contributed by atoms with E-state index in [0.29, 0.717) is 17.0 Å². The molecule has 3 heterocycles. The van der Waals surface area contributed by atoms with Gasteiger partial charge in [0.15, 0.2) is 0 Å². The Balaban J connectivity index is 2.11. The first kappa shape index (κ1) is 18.1. The number of para-hydroxylation sites is 1. The zero-order valence-electron chi connectivity index (χ0n) is 15.6. The molecule has 0 spiro atoms. The van der Waals surface area contributed by atoms with Crippen LogP contribution >= 0.6 is 11.3 Å². The van der Waals surface area contributed by atoms with Gasteiger partial charge in [-0.1, -0.05) is 18.2 Å². The van der Waals surface area contributed by atoms with E-state index in [9.17, 15) is 9.59 Å². The van der Waals surface area contributed by atoms with Gasteiger partial charge in [-0.3, -0.25) is 4.68 Å². The summed E-state index contributed by atoms with van der Waals surface area (Å²) in [5.41, 5.74) is 4.03. The minimum Gasteiger partial charge on any atom is -0.465 e. The lowest BCUT2D eigenvalue weighted by molar-refractivity contribution is 0.0585. The van der Waals surface area contributed by atoms with Crippen molar-refractivity contribution in [2.75, 3.05) is 14.2 Å². The number of rotatable bonds is 4. The Kier molecular flexibility index (Phi) is 4.52. The molecule has 0 unspecified atom stereocenters. The largest absolute Gasteiger partial charge is 0.465 e. The number of carbonyl (C=O) groups is 2. The molecule has 4 aromatic rings. The van der Waals surface area contributed by atoms with Crippen LogP contribution < -0.4 is 0 Å².